The second-order valence-corrected chi connectivity index (χ2v) is 5.76. The van der Waals surface area contributed by atoms with Crippen molar-refractivity contribution in [2.24, 2.45) is 0 Å². The molecule has 0 saturated heterocycles. The van der Waals surface area contributed by atoms with Crippen molar-refractivity contribution in [2.45, 2.75) is 0 Å². The van der Waals surface area contributed by atoms with Crippen molar-refractivity contribution in [1.29, 1.82) is 0 Å². The summed E-state index contributed by atoms with van der Waals surface area (Å²) in [6.45, 7) is -0.130. The topological polar surface area (TPSA) is 90.9 Å². The van der Waals surface area contributed by atoms with Crippen molar-refractivity contribution in [3.63, 3.8) is 0 Å². The van der Waals surface area contributed by atoms with Crippen LogP contribution >= 0.6 is 0 Å². The fraction of sp³-hybridized carbons (Fsp3) is 0.263. The molecule has 0 aliphatic rings. The Morgan fingerprint density at radius 2 is 1.77 bits per heavy atom. The van der Waals surface area contributed by atoms with Crippen molar-refractivity contribution in [1.82, 2.24) is 0 Å². The van der Waals surface area contributed by atoms with Crippen LogP contribution in [0.3, 0.4) is 0 Å². The number of ether oxygens (including phenoxy) is 1. The van der Waals surface area contributed by atoms with Gasteiger partial charge in [-0.1, -0.05) is 12.1 Å². The minimum atomic E-state index is -0.607. The van der Waals surface area contributed by atoms with Crippen molar-refractivity contribution < 1.29 is 19.4 Å². The maximum Gasteiger partial charge on any atom is 0.340 e. The first-order valence-electron chi connectivity index (χ1n) is 8.19. The molecule has 2 rings (SSSR count). The van der Waals surface area contributed by atoms with Gasteiger partial charge in [0, 0.05) is 37.7 Å². The van der Waals surface area contributed by atoms with Crippen molar-refractivity contribution in [3.05, 3.63) is 54.1 Å². The molecule has 0 saturated carbocycles. The van der Waals surface area contributed by atoms with E-state index in [9.17, 15) is 9.59 Å². The standard InChI is InChI=1S/C19H23N3O4/c1-22(2)15-9-7-14(8-10-15)21-18(24)13-26-19(25)16-5-3-4-6-17(16)20-11-12-23/h3-10,20,23H,11-13H2,1-2H3,(H,21,24). The Morgan fingerprint density at radius 3 is 2.42 bits per heavy atom. The fourth-order valence-electron chi connectivity index (χ4n) is 2.25. The summed E-state index contributed by atoms with van der Waals surface area (Å²) in [4.78, 5) is 26.1. The number of esters is 1. The molecule has 0 heterocycles. The van der Waals surface area contributed by atoms with E-state index < -0.39 is 11.9 Å². The van der Waals surface area contributed by atoms with Crippen LogP contribution in [0.1, 0.15) is 10.4 Å². The minimum Gasteiger partial charge on any atom is -0.452 e. The normalized spacial score (nSPS) is 10.1. The highest BCUT2D eigenvalue weighted by Gasteiger charge is 2.14. The van der Waals surface area contributed by atoms with Crippen LogP contribution in [-0.2, 0) is 9.53 Å². The number of rotatable bonds is 8. The van der Waals surface area contributed by atoms with Gasteiger partial charge in [-0.25, -0.2) is 4.79 Å². The average Bonchev–Trinajstić information content (AvgIpc) is 2.65. The van der Waals surface area contributed by atoms with Crippen molar-refractivity contribution >= 4 is 28.9 Å². The Balaban J connectivity index is 1.90. The van der Waals surface area contributed by atoms with Gasteiger partial charge in [0.1, 0.15) is 0 Å². The zero-order valence-corrected chi connectivity index (χ0v) is 14.9. The number of aliphatic hydroxyl groups is 1. The molecule has 2 aromatic rings. The molecule has 0 radical (unpaired) electrons. The predicted octanol–water partition coefficient (Wildman–Crippen LogP) is 1.95. The number of carbonyl (C=O) groups excluding carboxylic acids is 2. The van der Waals surface area contributed by atoms with Gasteiger partial charge in [0.25, 0.3) is 5.91 Å². The summed E-state index contributed by atoms with van der Waals surface area (Å²) in [6.07, 6.45) is 0. The maximum atomic E-state index is 12.2. The van der Waals surface area contributed by atoms with Crippen molar-refractivity contribution in [2.75, 3.05) is 49.4 Å². The third-order valence-corrected chi connectivity index (χ3v) is 3.58. The Morgan fingerprint density at radius 1 is 1.08 bits per heavy atom. The summed E-state index contributed by atoms with van der Waals surface area (Å²) in [5.74, 6) is -1.03. The number of benzene rings is 2. The summed E-state index contributed by atoms with van der Waals surface area (Å²) in [5.41, 5.74) is 2.50. The molecular weight excluding hydrogens is 334 g/mol. The lowest BCUT2D eigenvalue weighted by molar-refractivity contribution is -0.119. The number of amides is 1. The molecule has 0 unspecified atom stereocenters. The SMILES string of the molecule is CN(C)c1ccc(NC(=O)COC(=O)c2ccccc2NCCO)cc1. The number of para-hydroxylation sites is 1. The molecule has 0 aliphatic heterocycles. The lowest BCUT2D eigenvalue weighted by Crippen LogP contribution is -2.21. The monoisotopic (exact) mass is 357 g/mol. The second-order valence-electron chi connectivity index (χ2n) is 5.76. The molecule has 3 N–H and O–H groups in total. The third-order valence-electron chi connectivity index (χ3n) is 3.58. The van der Waals surface area contributed by atoms with Crippen LogP contribution < -0.4 is 15.5 Å². The van der Waals surface area contributed by atoms with Crippen LogP contribution in [0, 0.1) is 0 Å². The number of aliphatic hydroxyl groups excluding tert-OH is 1. The molecule has 0 fully saturated rings. The van der Waals surface area contributed by atoms with Gasteiger partial charge in [-0.3, -0.25) is 4.79 Å². The highest BCUT2D eigenvalue weighted by Crippen LogP contribution is 2.17. The summed E-state index contributed by atoms with van der Waals surface area (Å²) in [5, 5.41) is 14.5. The fourth-order valence-corrected chi connectivity index (χ4v) is 2.25. The van der Waals surface area contributed by atoms with E-state index in [-0.39, 0.29) is 13.2 Å². The van der Waals surface area contributed by atoms with E-state index in [1.54, 1.807) is 36.4 Å². The van der Waals surface area contributed by atoms with E-state index in [0.29, 0.717) is 23.5 Å². The molecule has 26 heavy (non-hydrogen) atoms. The molecule has 0 atom stereocenters. The van der Waals surface area contributed by atoms with Gasteiger partial charge >= 0.3 is 5.97 Å². The Hall–Kier alpha value is -3.06. The molecule has 1 amide bonds. The van der Waals surface area contributed by atoms with E-state index in [1.165, 1.54) is 0 Å². The van der Waals surface area contributed by atoms with Gasteiger partial charge in [0.05, 0.1) is 12.2 Å². The summed E-state index contributed by atoms with van der Waals surface area (Å²) >= 11 is 0. The van der Waals surface area contributed by atoms with E-state index in [4.69, 9.17) is 9.84 Å². The quantitative estimate of drug-likeness (QED) is 0.626. The van der Waals surface area contributed by atoms with Gasteiger partial charge in [0.15, 0.2) is 6.61 Å². The smallest absolute Gasteiger partial charge is 0.340 e. The van der Waals surface area contributed by atoms with Crippen LogP contribution in [-0.4, -0.2) is 50.8 Å². The van der Waals surface area contributed by atoms with Crippen molar-refractivity contribution in [3.8, 4) is 0 Å². The summed E-state index contributed by atoms with van der Waals surface area (Å²) in [7, 11) is 3.86. The molecule has 0 aliphatic carbocycles. The predicted molar refractivity (Wildman–Crippen MR) is 102 cm³/mol. The van der Waals surface area contributed by atoms with Crippen LogP contribution in [0.5, 0.6) is 0 Å². The van der Waals surface area contributed by atoms with Crippen LogP contribution in [0.4, 0.5) is 17.1 Å². The molecule has 2 aromatic carbocycles. The zero-order chi connectivity index (χ0) is 18.9. The molecule has 7 heteroatoms. The van der Waals surface area contributed by atoms with Gasteiger partial charge in [-0.05, 0) is 36.4 Å². The largest absolute Gasteiger partial charge is 0.452 e. The maximum absolute atomic E-state index is 12.2. The number of nitrogens with zero attached hydrogens (tertiary/aromatic N) is 1. The molecule has 138 valence electrons. The number of hydrogen-bond acceptors (Lipinski definition) is 6. The van der Waals surface area contributed by atoms with Crippen LogP contribution in [0.15, 0.2) is 48.5 Å². The first-order chi connectivity index (χ1) is 12.5. The Labute approximate surface area is 152 Å². The molecule has 7 nitrogen and oxygen atoms in total. The average molecular weight is 357 g/mol. The third kappa shape index (κ3) is 5.49. The van der Waals surface area contributed by atoms with Crippen LogP contribution in [0.2, 0.25) is 0 Å². The Bertz CT molecular complexity index is 745. The number of hydrogen-bond donors (Lipinski definition) is 3. The highest BCUT2D eigenvalue weighted by atomic mass is 16.5. The zero-order valence-electron chi connectivity index (χ0n) is 14.9. The van der Waals surface area contributed by atoms with Gasteiger partial charge in [0.2, 0.25) is 0 Å². The number of nitrogens with one attached hydrogen (secondary N) is 2. The first-order valence-corrected chi connectivity index (χ1v) is 8.19. The number of carbonyl (C=O) groups is 2. The molecular formula is C19H23N3O4. The summed E-state index contributed by atoms with van der Waals surface area (Å²) < 4.78 is 5.08. The van der Waals surface area contributed by atoms with Crippen LogP contribution in [0.25, 0.3) is 0 Å². The van der Waals surface area contributed by atoms with Gasteiger partial charge in [-0.2, -0.15) is 0 Å². The van der Waals surface area contributed by atoms with Gasteiger partial charge < -0.3 is 25.4 Å². The van der Waals surface area contributed by atoms with E-state index >= 15 is 0 Å². The van der Waals surface area contributed by atoms with E-state index in [0.717, 1.165) is 5.69 Å². The van der Waals surface area contributed by atoms with E-state index in [1.807, 2.05) is 31.1 Å². The Kier molecular flexibility index (Phi) is 6.99. The highest BCUT2D eigenvalue weighted by molar-refractivity contribution is 5.98. The molecule has 0 aromatic heterocycles. The number of anilines is 3. The lowest BCUT2D eigenvalue weighted by atomic mass is 10.2. The summed E-state index contributed by atoms with van der Waals surface area (Å²) in [6, 6.07) is 14.1. The second kappa shape index (κ2) is 9.43. The first kappa shape index (κ1) is 19.3. The van der Waals surface area contributed by atoms with Gasteiger partial charge in [-0.15, -0.1) is 0 Å². The lowest BCUT2D eigenvalue weighted by Gasteiger charge is -2.13. The minimum absolute atomic E-state index is 0.0571. The molecule has 0 spiro atoms. The molecule has 0 bridgehead atoms. The van der Waals surface area contributed by atoms with E-state index in [2.05, 4.69) is 10.6 Å².